The summed E-state index contributed by atoms with van der Waals surface area (Å²) in [5.41, 5.74) is 1.10. The van der Waals surface area contributed by atoms with Crippen LogP contribution in [0.1, 0.15) is 19.7 Å². The molecule has 1 aromatic heterocycles. The van der Waals surface area contributed by atoms with Gasteiger partial charge in [-0.2, -0.15) is 13.2 Å². The molecule has 0 unspecified atom stereocenters. The van der Waals surface area contributed by atoms with Crippen molar-refractivity contribution in [3.05, 3.63) is 30.1 Å². The van der Waals surface area contributed by atoms with Gasteiger partial charge in [-0.25, -0.2) is 4.98 Å². The average Bonchev–Trinajstić information content (AvgIpc) is 2.63. The Morgan fingerprint density at radius 2 is 1.95 bits per heavy atom. The molecule has 2 rings (SSSR count). The third-order valence-electron chi connectivity index (χ3n) is 2.74. The lowest BCUT2D eigenvalue weighted by Gasteiger charge is -2.13. The number of alkyl halides is 3. The smallest absolute Gasteiger partial charge is 0.318 e. The van der Waals surface area contributed by atoms with Crippen LogP contribution in [0.15, 0.2) is 24.3 Å². The standard InChI is InChI=1S/C13H16F3N3/c1-9(2)17-7-12-18-10-5-3-4-6-11(10)19(12)8-13(14,15)16/h3-6,9,17H,7-8H2,1-2H3. The number of nitrogens with zero attached hydrogens (tertiary/aromatic N) is 2. The Balaban J connectivity index is 2.40. The third kappa shape index (κ3) is 3.47. The van der Waals surface area contributed by atoms with E-state index in [0.717, 1.165) is 0 Å². The molecular formula is C13H16F3N3. The maximum absolute atomic E-state index is 12.7. The maximum atomic E-state index is 12.7. The van der Waals surface area contributed by atoms with Gasteiger partial charge in [0.25, 0.3) is 0 Å². The van der Waals surface area contributed by atoms with Crippen LogP contribution in [0.2, 0.25) is 0 Å². The van der Waals surface area contributed by atoms with Crippen LogP contribution >= 0.6 is 0 Å². The number of imidazole rings is 1. The van der Waals surface area contributed by atoms with Crippen molar-refractivity contribution in [2.45, 2.75) is 39.2 Å². The van der Waals surface area contributed by atoms with Crippen molar-refractivity contribution in [2.75, 3.05) is 0 Å². The van der Waals surface area contributed by atoms with Crippen molar-refractivity contribution in [1.29, 1.82) is 0 Å². The Bertz CT molecular complexity index is 558. The fraction of sp³-hybridized carbons (Fsp3) is 0.462. The Kier molecular flexibility index (Phi) is 3.80. The summed E-state index contributed by atoms with van der Waals surface area (Å²) in [6, 6.07) is 7.07. The zero-order valence-corrected chi connectivity index (χ0v) is 10.8. The molecule has 0 aliphatic rings. The fourth-order valence-electron chi connectivity index (χ4n) is 1.91. The highest BCUT2D eigenvalue weighted by molar-refractivity contribution is 5.75. The van der Waals surface area contributed by atoms with Crippen LogP contribution in [-0.4, -0.2) is 21.8 Å². The highest BCUT2D eigenvalue weighted by Gasteiger charge is 2.30. The summed E-state index contributed by atoms with van der Waals surface area (Å²) < 4.78 is 39.2. The molecule has 3 nitrogen and oxygen atoms in total. The number of nitrogens with one attached hydrogen (secondary N) is 1. The summed E-state index contributed by atoms with van der Waals surface area (Å²) in [5.74, 6) is 0.409. The molecule has 19 heavy (non-hydrogen) atoms. The summed E-state index contributed by atoms with van der Waals surface area (Å²) in [5, 5.41) is 3.10. The SMILES string of the molecule is CC(C)NCc1nc2ccccc2n1CC(F)(F)F. The number of aromatic nitrogens is 2. The second-order valence-corrected chi connectivity index (χ2v) is 4.75. The molecule has 0 spiro atoms. The van der Waals surface area contributed by atoms with E-state index in [9.17, 15) is 13.2 Å². The molecule has 0 saturated heterocycles. The van der Waals surface area contributed by atoms with Crippen molar-refractivity contribution in [1.82, 2.24) is 14.9 Å². The lowest BCUT2D eigenvalue weighted by molar-refractivity contribution is -0.140. The number of halogens is 3. The molecule has 1 N–H and O–H groups in total. The number of fused-ring (bicyclic) bond motifs is 1. The number of hydrogen-bond donors (Lipinski definition) is 1. The predicted octanol–water partition coefficient (Wildman–Crippen LogP) is 3.10. The van der Waals surface area contributed by atoms with Crippen LogP contribution in [0.3, 0.4) is 0 Å². The summed E-state index contributed by atoms with van der Waals surface area (Å²) in [6.07, 6.45) is -4.25. The van der Waals surface area contributed by atoms with Crippen LogP contribution in [0.4, 0.5) is 13.2 Å². The van der Waals surface area contributed by atoms with Gasteiger partial charge in [0.2, 0.25) is 0 Å². The van der Waals surface area contributed by atoms with Gasteiger partial charge in [0.1, 0.15) is 12.4 Å². The first-order valence-corrected chi connectivity index (χ1v) is 6.11. The molecule has 0 aliphatic carbocycles. The van der Waals surface area contributed by atoms with E-state index in [4.69, 9.17) is 0 Å². The van der Waals surface area contributed by atoms with Crippen LogP contribution in [-0.2, 0) is 13.1 Å². The molecular weight excluding hydrogens is 255 g/mol. The molecule has 1 aromatic carbocycles. The van der Waals surface area contributed by atoms with E-state index in [0.29, 0.717) is 23.4 Å². The molecule has 6 heteroatoms. The molecule has 0 atom stereocenters. The molecule has 0 radical (unpaired) electrons. The van der Waals surface area contributed by atoms with Crippen LogP contribution in [0.25, 0.3) is 11.0 Å². The van der Waals surface area contributed by atoms with Gasteiger partial charge < -0.3 is 9.88 Å². The molecule has 0 aliphatic heterocycles. The van der Waals surface area contributed by atoms with Gasteiger partial charge in [-0.1, -0.05) is 26.0 Å². The molecule has 0 fully saturated rings. The Hall–Kier alpha value is -1.56. The van der Waals surface area contributed by atoms with Gasteiger partial charge in [0, 0.05) is 6.04 Å². The van der Waals surface area contributed by atoms with Gasteiger partial charge in [-0.15, -0.1) is 0 Å². The Labute approximate surface area is 109 Å². The van der Waals surface area contributed by atoms with E-state index >= 15 is 0 Å². The van der Waals surface area contributed by atoms with Crippen LogP contribution < -0.4 is 5.32 Å². The minimum Gasteiger partial charge on any atom is -0.318 e. The number of hydrogen-bond acceptors (Lipinski definition) is 2. The quantitative estimate of drug-likeness (QED) is 0.926. The lowest BCUT2D eigenvalue weighted by Crippen LogP contribution is -2.26. The second-order valence-electron chi connectivity index (χ2n) is 4.75. The molecule has 1 heterocycles. The number of benzene rings is 1. The monoisotopic (exact) mass is 271 g/mol. The van der Waals surface area contributed by atoms with Crippen molar-refractivity contribution in [2.24, 2.45) is 0 Å². The van der Waals surface area contributed by atoms with Gasteiger partial charge >= 0.3 is 6.18 Å². The summed E-state index contributed by atoms with van der Waals surface area (Å²) in [7, 11) is 0. The van der Waals surface area contributed by atoms with Crippen LogP contribution in [0, 0.1) is 0 Å². The minimum atomic E-state index is -4.25. The summed E-state index contributed by atoms with van der Waals surface area (Å²) >= 11 is 0. The fourth-order valence-corrected chi connectivity index (χ4v) is 1.91. The first kappa shape index (κ1) is 13.9. The van der Waals surface area contributed by atoms with E-state index in [1.54, 1.807) is 24.3 Å². The molecule has 0 bridgehead atoms. The third-order valence-corrected chi connectivity index (χ3v) is 2.74. The van der Waals surface area contributed by atoms with Crippen molar-refractivity contribution in [3.8, 4) is 0 Å². The van der Waals surface area contributed by atoms with Crippen molar-refractivity contribution in [3.63, 3.8) is 0 Å². The normalized spacial score (nSPS) is 12.5. The molecule has 2 aromatic rings. The Morgan fingerprint density at radius 1 is 1.26 bits per heavy atom. The first-order valence-electron chi connectivity index (χ1n) is 6.11. The predicted molar refractivity (Wildman–Crippen MR) is 67.8 cm³/mol. The van der Waals surface area contributed by atoms with Gasteiger partial charge in [-0.05, 0) is 12.1 Å². The van der Waals surface area contributed by atoms with Crippen molar-refractivity contribution < 1.29 is 13.2 Å². The van der Waals surface area contributed by atoms with Gasteiger partial charge in [-0.3, -0.25) is 0 Å². The van der Waals surface area contributed by atoms with E-state index in [1.165, 1.54) is 4.57 Å². The maximum Gasteiger partial charge on any atom is 0.406 e. The van der Waals surface area contributed by atoms with Gasteiger partial charge in [0.05, 0.1) is 17.6 Å². The number of rotatable bonds is 4. The summed E-state index contributed by atoms with van der Waals surface area (Å²) in [6.45, 7) is 3.19. The van der Waals surface area contributed by atoms with Crippen molar-refractivity contribution >= 4 is 11.0 Å². The molecule has 104 valence electrons. The largest absolute Gasteiger partial charge is 0.406 e. The second kappa shape index (κ2) is 5.21. The highest BCUT2D eigenvalue weighted by Crippen LogP contribution is 2.23. The van der Waals surface area contributed by atoms with E-state index in [1.807, 2.05) is 13.8 Å². The zero-order valence-electron chi connectivity index (χ0n) is 10.8. The lowest BCUT2D eigenvalue weighted by atomic mass is 10.3. The average molecular weight is 271 g/mol. The highest BCUT2D eigenvalue weighted by atomic mass is 19.4. The number of para-hydroxylation sites is 2. The molecule has 0 saturated carbocycles. The molecule has 0 amide bonds. The topological polar surface area (TPSA) is 29.9 Å². The van der Waals surface area contributed by atoms with Crippen LogP contribution in [0.5, 0.6) is 0 Å². The van der Waals surface area contributed by atoms with E-state index in [2.05, 4.69) is 10.3 Å². The van der Waals surface area contributed by atoms with E-state index < -0.39 is 12.7 Å². The minimum absolute atomic E-state index is 0.194. The zero-order chi connectivity index (χ0) is 14.0. The van der Waals surface area contributed by atoms with E-state index in [-0.39, 0.29) is 6.04 Å². The summed E-state index contributed by atoms with van der Waals surface area (Å²) in [4.78, 5) is 4.27. The van der Waals surface area contributed by atoms with Gasteiger partial charge in [0.15, 0.2) is 0 Å². The first-order chi connectivity index (χ1) is 8.87. The Morgan fingerprint density at radius 3 is 2.58 bits per heavy atom.